The molecule has 0 atom stereocenters. The van der Waals surface area contributed by atoms with Crippen LogP contribution in [0.3, 0.4) is 0 Å². The predicted octanol–water partition coefficient (Wildman–Crippen LogP) is 13.6. The average Bonchev–Trinajstić information content (AvgIpc) is 3.92. The lowest BCUT2D eigenvalue weighted by molar-refractivity contribution is 0.483. The lowest BCUT2D eigenvalue weighted by Crippen LogP contribution is -2.23. The number of rotatable bonds is 4. The summed E-state index contributed by atoms with van der Waals surface area (Å²) in [6, 6.07) is 55.0. The van der Waals surface area contributed by atoms with E-state index < -0.39 is 6.98 Å². The number of pyridine rings is 1. The van der Waals surface area contributed by atoms with E-state index in [1.807, 2.05) is 59.6 Å². The number of hydrogen-bond acceptors (Lipinski definition) is 4. The smallest absolute Gasteiger partial charge is 0.137 e. The molecule has 59 heavy (non-hydrogen) atoms. The van der Waals surface area contributed by atoms with Crippen molar-refractivity contribution in [1.82, 2.24) is 14.1 Å². The molecule has 6 heteroatoms. The largest absolute Gasteiger partial charge is 0.457 e. The predicted molar refractivity (Wildman–Crippen MR) is 244 cm³/mol. The van der Waals surface area contributed by atoms with Gasteiger partial charge in [0.15, 0.2) is 0 Å². The van der Waals surface area contributed by atoms with Crippen molar-refractivity contribution in [3.8, 4) is 45.3 Å². The van der Waals surface area contributed by atoms with E-state index in [-0.39, 0.29) is 12.1 Å². The number of nitrogens with zero attached hydrogens (tertiary/aromatic N) is 5. The standard InChI is InChI=1S/C53H41N5O/c1-53(2,3)33-27-28-54-49(29-33)57-46-25-26-47-50(39-17-6-5-15-37(39)40-18-12-19-41-38-16-7-8-20-43(38)58(47)52(40)41)51(46)42-24-23-36(31-48(42)57)59-35-14-11-13-34(30-35)56-32-55(4)44-21-9-10-22-45(44)56/h5-31H,32H2,1-4H3/i4D3. The Labute approximate surface area is 347 Å². The molecule has 6 nitrogen and oxygen atoms in total. The second kappa shape index (κ2) is 12.3. The van der Waals surface area contributed by atoms with E-state index in [2.05, 4.69) is 139 Å². The maximum absolute atomic E-state index is 8.21. The molecule has 284 valence electrons. The van der Waals surface area contributed by atoms with E-state index in [0.29, 0.717) is 17.2 Å². The molecule has 2 aliphatic rings. The SMILES string of the molecule is [2H]C([2H])([2H])N1CN(c2cccc(Oc3ccc4c5c6c(ccc5n(-c5cc(C(C)(C)C)ccn5)c4c3)-n3c4ccccc4c4cccc(c43)-c3ccccc3-6)c2)c2ccccc21. The van der Waals surface area contributed by atoms with E-state index in [1.165, 1.54) is 54.5 Å². The van der Waals surface area contributed by atoms with Crippen LogP contribution in [-0.4, -0.2) is 27.8 Å². The van der Waals surface area contributed by atoms with Gasteiger partial charge in [0, 0.05) is 67.8 Å². The van der Waals surface area contributed by atoms with Crippen LogP contribution in [0.2, 0.25) is 0 Å². The van der Waals surface area contributed by atoms with Crippen LogP contribution < -0.4 is 14.5 Å². The second-order valence-corrected chi connectivity index (χ2v) is 16.7. The van der Waals surface area contributed by atoms with Crippen molar-refractivity contribution in [3.05, 3.63) is 169 Å². The first-order chi connectivity index (χ1) is 30.0. The molecule has 5 heterocycles. The fourth-order valence-electron chi connectivity index (χ4n) is 9.56. The Morgan fingerprint density at radius 3 is 2.22 bits per heavy atom. The van der Waals surface area contributed by atoms with Gasteiger partial charge >= 0.3 is 0 Å². The van der Waals surface area contributed by atoms with Gasteiger partial charge in [-0.3, -0.25) is 4.57 Å². The van der Waals surface area contributed by atoms with Crippen molar-refractivity contribution >= 4 is 60.7 Å². The molecule has 3 aromatic heterocycles. The molecule has 0 fully saturated rings. The van der Waals surface area contributed by atoms with E-state index in [4.69, 9.17) is 13.8 Å². The number of anilines is 3. The van der Waals surface area contributed by atoms with Gasteiger partial charge in [-0.05, 0) is 88.8 Å². The van der Waals surface area contributed by atoms with Gasteiger partial charge in [-0.15, -0.1) is 0 Å². The van der Waals surface area contributed by atoms with Crippen molar-refractivity contribution in [2.45, 2.75) is 26.2 Å². The average molecular weight is 767 g/mol. The summed E-state index contributed by atoms with van der Waals surface area (Å²) in [4.78, 5) is 8.53. The summed E-state index contributed by atoms with van der Waals surface area (Å²) in [7, 11) is 0. The van der Waals surface area contributed by atoms with Crippen LogP contribution in [0.4, 0.5) is 17.1 Å². The number of benzene rings is 7. The number of fused-ring (bicyclic) bond motifs is 13. The van der Waals surface area contributed by atoms with E-state index in [1.54, 1.807) is 0 Å². The molecule has 0 bridgehead atoms. The lowest BCUT2D eigenvalue weighted by atomic mass is 9.88. The van der Waals surface area contributed by atoms with Crippen molar-refractivity contribution in [2.75, 3.05) is 23.4 Å². The van der Waals surface area contributed by atoms with Crippen LogP contribution in [-0.2, 0) is 5.41 Å². The van der Waals surface area contributed by atoms with Gasteiger partial charge in [-0.2, -0.15) is 0 Å². The van der Waals surface area contributed by atoms with Gasteiger partial charge in [-0.1, -0.05) is 99.6 Å². The fraction of sp³-hybridized carbons (Fsp3) is 0.113. The Balaban J connectivity index is 1.08. The van der Waals surface area contributed by atoms with Gasteiger partial charge in [-0.25, -0.2) is 4.98 Å². The van der Waals surface area contributed by atoms with Gasteiger partial charge in [0.2, 0.25) is 0 Å². The lowest BCUT2D eigenvalue weighted by Gasteiger charge is -2.20. The molecule has 0 radical (unpaired) electrons. The number of aromatic nitrogens is 3. The fourth-order valence-corrected chi connectivity index (χ4v) is 9.56. The van der Waals surface area contributed by atoms with Crippen LogP contribution in [0.15, 0.2) is 164 Å². The summed E-state index contributed by atoms with van der Waals surface area (Å²) in [6.07, 6.45) is 1.92. The topological polar surface area (TPSA) is 38.5 Å². The first-order valence-corrected chi connectivity index (χ1v) is 20.2. The highest BCUT2D eigenvalue weighted by Gasteiger charge is 2.29. The molecule has 2 aliphatic heterocycles. The molecule has 0 amide bonds. The third-order valence-corrected chi connectivity index (χ3v) is 12.3. The maximum Gasteiger partial charge on any atom is 0.137 e. The van der Waals surface area contributed by atoms with Crippen LogP contribution >= 0.6 is 0 Å². The normalized spacial score (nSPS) is 14.3. The van der Waals surface area contributed by atoms with Gasteiger partial charge in [0.1, 0.15) is 17.3 Å². The maximum atomic E-state index is 8.21. The minimum atomic E-state index is -2.28. The summed E-state index contributed by atoms with van der Waals surface area (Å²) < 4.78 is 36.1. The number of ether oxygens (including phenoxy) is 1. The summed E-state index contributed by atoms with van der Waals surface area (Å²) in [5.41, 5.74) is 13.8. The minimum Gasteiger partial charge on any atom is -0.457 e. The van der Waals surface area contributed by atoms with Crippen molar-refractivity contribution in [1.29, 1.82) is 0 Å². The molecular formula is C53H41N5O. The summed E-state index contributed by atoms with van der Waals surface area (Å²) in [6.45, 7) is 4.62. The summed E-state index contributed by atoms with van der Waals surface area (Å²) >= 11 is 0. The molecule has 0 saturated carbocycles. The zero-order chi connectivity index (χ0) is 42.1. The van der Waals surface area contributed by atoms with Crippen LogP contribution in [0.1, 0.15) is 30.4 Å². The molecule has 0 spiro atoms. The Morgan fingerprint density at radius 1 is 0.576 bits per heavy atom. The van der Waals surface area contributed by atoms with E-state index in [0.717, 1.165) is 44.7 Å². The zero-order valence-corrected chi connectivity index (χ0v) is 32.9. The van der Waals surface area contributed by atoms with Crippen molar-refractivity contribution < 1.29 is 8.85 Å². The second-order valence-electron chi connectivity index (χ2n) is 16.7. The molecular weight excluding hydrogens is 723 g/mol. The van der Waals surface area contributed by atoms with Gasteiger partial charge < -0.3 is 19.1 Å². The summed E-state index contributed by atoms with van der Waals surface area (Å²) in [5.74, 6) is 2.15. The van der Waals surface area contributed by atoms with Crippen LogP contribution in [0, 0.1) is 0 Å². The van der Waals surface area contributed by atoms with Crippen LogP contribution in [0.25, 0.3) is 77.4 Å². The molecule has 0 saturated heterocycles. The third kappa shape index (κ3) is 4.96. The first-order valence-electron chi connectivity index (χ1n) is 21.7. The Kier molecular flexibility index (Phi) is 6.44. The van der Waals surface area contributed by atoms with Crippen molar-refractivity contribution in [2.24, 2.45) is 0 Å². The monoisotopic (exact) mass is 766 g/mol. The zero-order valence-electron chi connectivity index (χ0n) is 35.9. The highest BCUT2D eigenvalue weighted by atomic mass is 16.5. The van der Waals surface area contributed by atoms with E-state index in [9.17, 15) is 0 Å². The molecule has 0 aliphatic carbocycles. The van der Waals surface area contributed by atoms with Gasteiger partial charge in [0.05, 0.1) is 45.8 Å². The highest BCUT2D eigenvalue weighted by Crippen LogP contribution is 2.51. The first kappa shape index (κ1) is 30.8. The van der Waals surface area contributed by atoms with Crippen molar-refractivity contribution in [3.63, 3.8) is 0 Å². The minimum absolute atomic E-state index is 0.0885. The number of para-hydroxylation sites is 4. The highest BCUT2D eigenvalue weighted by molar-refractivity contribution is 6.22. The molecule has 7 aromatic carbocycles. The Hall–Kier alpha value is -7.31. The quantitative estimate of drug-likeness (QED) is 0.179. The number of hydrogen-bond donors (Lipinski definition) is 0. The molecule has 10 aromatic rings. The summed E-state index contributed by atoms with van der Waals surface area (Å²) in [5, 5.41) is 4.70. The molecule has 0 unspecified atom stereocenters. The van der Waals surface area contributed by atoms with Crippen LogP contribution in [0.5, 0.6) is 11.5 Å². The van der Waals surface area contributed by atoms with E-state index >= 15 is 0 Å². The Bertz CT molecular complexity index is 3480. The third-order valence-electron chi connectivity index (χ3n) is 12.3. The Morgan fingerprint density at radius 2 is 1.34 bits per heavy atom. The molecule has 12 rings (SSSR count). The molecule has 0 N–H and O–H groups in total. The van der Waals surface area contributed by atoms with Gasteiger partial charge in [0.25, 0.3) is 0 Å².